The maximum Gasteiger partial charge on any atom is 0.354 e. The number of carbonyl (C=O) groups excluding carboxylic acids is 1. The minimum Gasteiger partial charge on any atom is -0.477 e. The van der Waals surface area contributed by atoms with Crippen molar-refractivity contribution in [2.45, 2.75) is 19.9 Å². The van der Waals surface area contributed by atoms with E-state index in [0.29, 0.717) is 25.4 Å². The van der Waals surface area contributed by atoms with Gasteiger partial charge in [0.15, 0.2) is 0 Å². The van der Waals surface area contributed by atoms with Crippen LogP contribution < -0.4 is 5.32 Å². The smallest absolute Gasteiger partial charge is 0.354 e. The summed E-state index contributed by atoms with van der Waals surface area (Å²) in [7, 11) is 0. The molecule has 0 saturated carbocycles. The molecule has 98 valence electrons. The summed E-state index contributed by atoms with van der Waals surface area (Å²) in [5, 5.41) is 11.8. The number of carboxylic acid groups (broad SMARTS) is 1. The molecule has 0 aromatic carbocycles. The third-order valence-electron chi connectivity index (χ3n) is 2.14. The molecular formula is C12H16N2O4. The van der Waals surface area contributed by atoms with Crippen LogP contribution in [0.1, 0.15) is 29.5 Å². The summed E-state index contributed by atoms with van der Waals surface area (Å²) >= 11 is 0. The first-order chi connectivity index (χ1) is 8.63. The predicted octanol–water partition coefficient (Wildman–Crippen LogP) is 0.823. The van der Waals surface area contributed by atoms with Crippen LogP contribution in [0.3, 0.4) is 0 Å². The first-order valence-electron chi connectivity index (χ1n) is 5.69. The Morgan fingerprint density at radius 1 is 1.44 bits per heavy atom. The minimum absolute atomic E-state index is 0.0136. The van der Waals surface area contributed by atoms with E-state index in [4.69, 9.17) is 9.84 Å². The van der Waals surface area contributed by atoms with Crippen LogP contribution in [0.15, 0.2) is 18.2 Å². The Balaban J connectivity index is 2.33. The van der Waals surface area contributed by atoms with Gasteiger partial charge in [-0.15, -0.1) is 0 Å². The first kappa shape index (κ1) is 14.1. The summed E-state index contributed by atoms with van der Waals surface area (Å²) < 4.78 is 4.77. The lowest BCUT2D eigenvalue weighted by Gasteiger charge is -2.05. The molecule has 1 aromatic rings. The van der Waals surface area contributed by atoms with E-state index >= 15 is 0 Å². The summed E-state index contributed by atoms with van der Waals surface area (Å²) in [5.74, 6) is -1.30. The zero-order valence-corrected chi connectivity index (χ0v) is 10.2. The topological polar surface area (TPSA) is 88.5 Å². The number of nitrogens with one attached hydrogen (secondary N) is 1. The molecule has 18 heavy (non-hydrogen) atoms. The molecule has 0 bridgehead atoms. The van der Waals surface area contributed by atoms with Gasteiger partial charge in [0, 0.05) is 13.1 Å². The molecule has 0 aliphatic rings. The van der Waals surface area contributed by atoms with Gasteiger partial charge in [0.05, 0.1) is 18.7 Å². The molecule has 0 unspecified atom stereocenters. The van der Waals surface area contributed by atoms with Crippen LogP contribution in [0.2, 0.25) is 0 Å². The lowest BCUT2D eigenvalue weighted by molar-refractivity contribution is -0.142. The summed E-state index contributed by atoms with van der Waals surface area (Å²) in [5.41, 5.74) is 0.637. The summed E-state index contributed by atoms with van der Waals surface area (Å²) in [6.45, 7) is 3.02. The first-order valence-corrected chi connectivity index (χ1v) is 5.69. The van der Waals surface area contributed by atoms with Crippen molar-refractivity contribution in [1.82, 2.24) is 10.3 Å². The number of esters is 1. The molecule has 2 N–H and O–H groups in total. The maximum atomic E-state index is 11.0. The van der Waals surface area contributed by atoms with E-state index in [2.05, 4.69) is 10.3 Å². The number of hydrogen-bond acceptors (Lipinski definition) is 5. The van der Waals surface area contributed by atoms with E-state index < -0.39 is 5.97 Å². The van der Waals surface area contributed by atoms with Gasteiger partial charge in [-0.2, -0.15) is 0 Å². The molecule has 1 aromatic heterocycles. The van der Waals surface area contributed by atoms with Gasteiger partial charge in [-0.25, -0.2) is 9.78 Å². The number of nitrogens with zero attached hydrogens (tertiary/aromatic N) is 1. The van der Waals surface area contributed by atoms with Crippen LogP contribution in [0.5, 0.6) is 0 Å². The molecule has 6 nitrogen and oxygen atoms in total. The fourth-order valence-electron chi connectivity index (χ4n) is 1.34. The fourth-order valence-corrected chi connectivity index (χ4v) is 1.34. The van der Waals surface area contributed by atoms with E-state index in [1.54, 1.807) is 19.1 Å². The van der Waals surface area contributed by atoms with Crippen LogP contribution in [0.25, 0.3) is 0 Å². The van der Waals surface area contributed by atoms with E-state index in [1.165, 1.54) is 6.07 Å². The third-order valence-corrected chi connectivity index (χ3v) is 2.14. The molecule has 1 heterocycles. The number of hydrogen-bond donors (Lipinski definition) is 2. The molecule has 0 fully saturated rings. The number of rotatable bonds is 7. The lowest BCUT2D eigenvalue weighted by Crippen LogP contribution is -2.20. The second-order valence-electron chi connectivity index (χ2n) is 3.55. The quantitative estimate of drug-likeness (QED) is 0.552. The number of carboxylic acids is 1. The number of carbonyl (C=O) groups is 2. The number of pyridine rings is 1. The molecular weight excluding hydrogens is 236 g/mol. The van der Waals surface area contributed by atoms with Gasteiger partial charge in [0.25, 0.3) is 0 Å². The largest absolute Gasteiger partial charge is 0.477 e. The Labute approximate surface area is 105 Å². The summed E-state index contributed by atoms with van der Waals surface area (Å²) in [6, 6.07) is 4.80. The highest BCUT2D eigenvalue weighted by Crippen LogP contribution is 1.99. The van der Waals surface area contributed by atoms with Crippen LogP contribution >= 0.6 is 0 Å². The average Bonchev–Trinajstić information content (AvgIpc) is 2.35. The summed E-state index contributed by atoms with van der Waals surface area (Å²) in [4.78, 5) is 25.7. The van der Waals surface area contributed by atoms with Crippen molar-refractivity contribution in [3.8, 4) is 0 Å². The van der Waals surface area contributed by atoms with Gasteiger partial charge in [0.2, 0.25) is 0 Å². The van der Waals surface area contributed by atoms with Crippen LogP contribution in [-0.4, -0.2) is 35.2 Å². The Hall–Kier alpha value is -1.95. The minimum atomic E-state index is -1.05. The monoisotopic (exact) mass is 252 g/mol. The molecule has 6 heteroatoms. The van der Waals surface area contributed by atoms with Gasteiger partial charge < -0.3 is 15.2 Å². The van der Waals surface area contributed by atoms with Gasteiger partial charge >= 0.3 is 11.9 Å². The van der Waals surface area contributed by atoms with E-state index in [1.807, 2.05) is 0 Å². The standard InChI is InChI=1S/C12H16N2O4/c1-2-18-11(15)6-7-13-8-9-4-3-5-10(14-9)12(16)17/h3-5,13H,2,6-8H2,1H3,(H,16,17). The number of ether oxygens (including phenoxy) is 1. The molecule has 1 rings (SSSR count). The highest BCUT2D eigenvalue weighted by atomic mass is 16.5. The normalized spacial score (nSPS) is 10.1. The number of aromatic nitrogens is 1. The maximum absolute atomic E-state index is 11.0. The Kier molecular flexibility index (Phi) is 5.79. The molecule has 0 aliphatic heterocycles. The highest BCUT2D eigenvalue weighted by Gasteiger charge is 2.05. The van der Waals surface area contributed by atoms with E-state index in [0.717, 1.165) is 0 Å². The van der Waals surface area contributed by atoms with Gasteiger partial charge in [-0.1, -0.05) is 6.07 Å². The Morgan fingerprint density at radius 2 is 2.22 bits per heavy atom. The van der Waals surface area contributed by atoms with Crippen molar-refractivity contribution in [3.63, 3.8) is 0 Å². The second kappa shape index (κ2) is 7.39. The van der Waals surface area contributed by atoms with Gasteiger partial charge in [-0.05, 0) is 19.1 Å². The molecule has 0 radical (unpaired) electrons. The SMILES string of the molecule is CCOC(=O)CCNCc1cccc(C(=O)O)n1. The van der Waals surface area contributed by atoms with Crippen LogP contribution in [-0.2, 0) is 16.1 Å². The van der Waals surface area contributed by atoms with Crippen molar-refractivity contribution >= 4 is 11.9 Å². The predicted molar refractivity (Wildman–Crippen MR) is 64.2 cm³/mol. The zero-order chi connectivity index (χ0) is 13.4. The average molecular weight is 252 g/mol. The van der Waals surface area contributed by atoms with Crippen molar-refractivity contribution < 1.29 is 19.4 Å². The second-order valence-corrected chi connectivity index (χ2v) is 3.55. The molecule has 0 spiro atoms. The van der Waals surface area contributed by atoms with E-state index in [-0.39, 0.29) is 18.1 Å². The van der Waals surface area contributed by atoms with Crippen LogP contribution in [0.4, 0.5) is 0 Å². The van der Waals surface area contributed by atoms with Crippen molar-refractivity contribution in [2.24, 2.45) is 0 Å². The summed E-state index contributed by atoms with van der Waals surface area (Å²) in [6.07, 6.45) is 0.284. The molecule has 0 aliphatic carbocycles. The van der Waals surface area contributed by atoms with Crippen LogP contribution in [0, 0.1) is 0 Å². The van der Waals surface area contributed by atoms with Gasteiger partial charge in [-0.3, -0.25) is 4.79 Å². The van der Waals surface area contributed by atoms with Crippen molar-refractivity contribution in [1.29, 1.82) is 0 Å². The lowest BCUT2D eigenvalue weighted by atomic mass is 10.3. The Bertz CT molecular complexity index is 420. The fraction of sp³-hybridized carbons (Fsp3) is 0.417. The molecule has 0 atom stereocenters. The Morgan fingerprint density at radius 3 is 2.89 bits per heavy atom. The molecule has 0 saturated heterocycles. The number of aromatic carboxylic acids is 1. The molecule has 0 amide bonds. The van der Waals surface area contributed by atoms with Crippen molar-refractivity contribution in [3.05, 3.63) is 29.6 Å². The highest BCUT2D eigenvalue weighted by molar-refractivity contribution is 5.85. The van der Waals surface area contributed by atoms with Crippen molar-refractivity contribution in [2.75, 3.05) is 13.2 Å². The third kappa shape index (κ3) is 4.92. The zero-order valence-electron chi connectivity index (χ0n) is 10.2. The van der Waals surface area contributed by atoms with E-state index in [9.17, 15) is 9.59 Å². The van der Waals surface area contributed by atoms with Gasteiger partial charge in [0.1, 0.15) is 5.69 Å².